The molecule has 2 aromatic rings. The molecular formula is C17H27N7O2. The van der Waals surface area contributed by atoms with Gasteiger partial charge in [0.15, 0.2) is 0 Å². The molecule has 1 unspecified atom stereocenters. The van der Waals surface area contributed by atoms with E-state index in [1.165, 1.54) is 0 Å². The molecule has 2 fully saturated rings. The van der Waals surface area contributed by atoms with Crippen molar-refractivity contribution < 1.29 is 9.26 Å². The van der Waals surface area contributed by atoms with E-state index >= 15 is 0 Å². The molecule has 9 heteroatoms. The Balaban J connectivity index is 1.44. The number of aromatic nitrogens is 5. The second kappa shape index (κ2) is 7.71. The van der Waals surface area contributed by atoms with Crippen LogP contribution in [0.25, 0.3) is 0 Å². The first-order valence-electron chi connectivity index (χ1n) is 9.50. The van der Waals surface area contributed by atoms with Gasteiger partial charge in [-0.25, -0.2) is 0 Å². The predicted octanol–water partition coefficient (Wildman–Crippen LogP) is 0.977. The first-order valence-corrected chi connectivity index (χ1v) is 9.50. The Bertz CT molecular complexity index is 723. The molecule has 0 spiro atoms. The molecule has 4 rings (SSSR count). The molecule has 2 aliphatic heterocycles. The van der Waals surface area contributed by atoms with Crippen molar-refractivity contribution in [1.29, 1.82) is 0 Å². The van der Waals surface area contributed by atoms with Crippen LogP contribution in [0.1, 0.15) is 43.2 Å². The third-order valence-corrected chi connectivity index (χ3v) is 5.30. The van der Waals surface area contributed by atoms with Gasteiger partial charge in [0.25, 0.3) is 5.95 Å². The van der Waals surface area contributed by atoms with Gasteiger partial charge in [0.05, 0.1) is 19.8 Å². The van der Waals surface area contributed by atoms with E-state index in [0.717, 1.165) is 76.8 Å². The molecule has 2 saturated heterocycles. The average Bonchev–Trinajstić information content (AvgIpc) is 3.30. The molecule has 2 aromatic heterocycles. The molecule has 0 bridgehead atoms. The fourth-order valence-electron chi connectivity index (χ4n) is 3.72. The van der Waals surface area contributed by atoms with Gasteiger partial charge in [0.2, 0.25) is 5.89 Å². The molecule has 0 aliphatic carbocycles. The van der Waals surface area contributed by atoms with E-state index in [1.54, 1.807) is 0 Å². The number of piperidine rings is 1. The Morgan fingerprint density at radius 2 is 2.00 bits per heavy atom. The maximum Gasteiger partial charge on any atom is 0.266 e. The van der Waals surface area contributed by atoms with E-state index in [9.17, 15) is 0 Å². The molecule has 9 nitrogen and oxygen atoms in total. The zero-order valence-corrected chi connectivity index (χ0v) is 15.6. The van der Waals surface area contributed by atoms with Gasteiger partial charge in [0, 0.05) is 45.6 Å². The fourth-order valence-corrected chi connectivity index (χ4v) is 3.72. The van der Waals surface area contributed by atoms with Crippen molar-refractivity contribution >= 4 is 5.95 Å². The summed E-state index contributed by atoms with van der Waals surface area (Å²) in [6, 6.07) is 0. The Labute approximate surface area is 153 Å². The number of hydrogen-bond donors (Lipinski definition) is 0. The van der Waals surface area contributed by atoms with Crippen LogP contribution in [0, 0.1) is 0 Å². The number of nitrogens with zero attached hydrogens (tertiary/aromatic N) is 7. The highest BCUT2D eigenvalue weighted by Crippen LogP contribution is 2.28. The Hall–Kier alpha value is -2.00. The molecule has 4 heterocycles. The second-order valence-electron chi connectivity index (χ2n) is 7.05. The van der Waals surface area contributed by atoms with Crippen molar-refractivity contribution in [1.82, 2.24) is 29.8 Å². The van der Waals surface area contributed by atoms with Crippen LogP contribution in [-0.4, -0.2) is 69.2 Å². The summed E-state index contributed by atoms with van der Waals surface area (Å²) in [7, 11) is 2.08. The molecular weight excluding hydrogens is 334 g/mol. The van der Waals surface area contributed by atoms with E-state index in [2.05, 4.69) is 41.8 Å². The van der Waals surface area contributed by atoms with Crippen LogP contribution < -0.4 is 4.90 Å². The summed E-state index contributed by atoms with van der Waals surface area (Å²) < 4.78 is 12.9. The third kappa shape index (κ3) is 3.59. The normalized spacial score (nSPS) is 22.1. The first-order chi connectivity index (χ1) is 12.7. The minimum atomic E-state index is 0.336. The van der Waals surface area contributed by atoms with E-state index in [-0.39, 0.29) is 0 Å². The van der Waals surface area contributed by atoms with Crippen molar-refractivity contribution in [2.75, 3.05) is 44.3 Å². The van der Waals surface area contributed by atoms with Crippen molar-refractivity contribution in [3.8, 4) is 0 Å². The highest BCUT2D eigenvalue weighted by atomic mass is 16.5. The Morgan fingerprint density at radius 1 is 1.15 bits per heavy atom. The van der Waals surface area contributed by atoms with Crippen LogP contribution in [0.3, 0.4) is 0 Å². The standard InChI is InChI=1S/C17H27N7O2/c1-3-15-18-17(21-26-15)24-6-4-5-13(11-24)16-20-19-14(22(16)2)12-23-7-9-25-10-8-23/h13H,3-12H2,1-2H3. The Kier molecular flexibility index (Phi) is 5.16. The zero-order chi connectivity index (χ0) is 17.9. The molecule has 26 heavy (non-hydrogen) atoms. The summed E-state index contributed by atoms with van der Waals surface area (Å²) in [6.07, 6.45) is 2.96. The van der Waals surface area contributed by atoms with E-state index in [1.807, 2.05) is 6.92 Å². The Morgan fingerprint density at radius 3 is 2.77 bits per heavy atom. The molecule has 2 aliphatic rings. The van der Waals surface area contributed by atoms with Gasteiger partial charge >= 0.3 is 0 Å². The van der Waals surface area contributed by atoms with Crippen LogP contribution in [0.5, 0.6) is 0 Å². The number of ether oxygens (including phenoxy) is 1. The van der Waals surface area contributed by atoms with Crippen LogP contribution >= 0.6 is 0 Å². The van der Waals surface area contributed by atoms with Crippen molar-refractivity contribution in [3.05, 3.63) is 17.5 Å². The summed E-state index contributed by atoms with van der Waals surface area (Å²) in [5.74, 6) is 3.79. The maximum atomic E-state index is 5.42. The quantitative estimate of drug-likeness (QED) is 0.779. The summed E-state index contributed by atoms with van der Waals surface area (Å²) >= 11 is 0. The van der Waals surface area contributed by atoms with Gasteiger partial charge in [0.1, 0.15) is 11.6 Å². The molecule has 1 atom stereocenters. The first kappa shape index (κ1) is 17.4. The number of aryl methyl sites for hydroxylation is 1. The summed E-state index contributed by atoms with van der Waals surface area (Å²) in [6.45, 7) is 8.16. The van der Waals surface area contributed by atoms with Gasteiger partial charge in [-0.2, -0.15) is 4.98 Å². The highest BCUT2D eigenvalue weighted by Gasteiger charge is 2.28. The SMILES string of the molecule is CCc1nc(N2CCCC(c3nnc(CN4CCOCC4)n3C)C2)no1. The lowest BCUT2D eigenvalue weighted by Crippen LogP contribution is -2.37. The molecule has 0 radical (unpaired) electrons. The fraction of sp³-hybridized carbons (Fsp3) is 0.765. The summed E-state index contributed by atoms with van der Waals surface area (Å²) in [5.41, 5.74) is 0. The monoisotopic (exact) mass is 361 g/mol. The van der Waals surface area contributed by atoms with Gasteiger partial charge in [-0.1, -0.05) is 6.92 Å². The smallest absolute Gasteiger partial charge is 0.266 e. The van der Waals surface area contributed by atoms with E-state index in [4.69, 9.17) is 9.26 Å². The van der Waals surface area contributed by atoms with Gasteiger partial charge < -0.3 is 18.7 Å². The lowest BCUT2D eigenvalue weighted by molar-refractivity contribution is 0.0326. The molecule has 0 amide bonds. The van der Waals surface area contributed by atoms with Gasteiger partial charge in [-0.15, -0.1) is 10.2 Å². The van der Waals surface area contributed by atoms with Crippen molar-refractivity contribution in [2.24, 2.45) is 7.05 Å². The number of rotatable bonds is 5. The maximum absolute atomic E-state index is 5.42. The van der Waals surface area contributed by atoms with Crippen molar-refractivity contribution in [2.45, 2.75) is 38.6 Å². The topological polar surface area (TPSA) is 85.3 Å². The molecule has 142 valence electrons. The van der Waals surface area contributed by atoms with Crippen LogP contribution in [0.2, 0.25) is 0 Å². The lowest BCUT2D eigenvalue weighted by atomic mass is 9.97. The number of anilines is 1. The van der Waals surface area contributed by atoms with Crippen LogP contribution in [0.15, 0.2) is 4.52 Å². The molecule has 0 aromatic carbocycles. The highest BCUT2D eigenvalue weighted by molar-refractivity contribution is 5.30. The average molecular weight is 361 g/mol. The van der Waals surface area contributed by atoms with E-state index in [0.29, 0.717) is 17.8 Å². The largest absolute Gasteiger partial charge is 0.379 e. The summed E-state index contributed by atoms with van der Waals surface area (Å²) in [5, 5.41) is 13.1. The molecule has 0 N–H and O–H groups in total. The lowest BCUT2D eigenvalue weighted by Gasteiger charge is -2.31. The van der Waals surface area contributed by atoms with Gasteiger partial charge in [-0.05, 0) is 18.0 Å². The predicted molar refractivity (Wildman–Crippen MR) is 95.0 cm³/mol. The second-order valence-corrected chi connectivity index (χ2v) is 7.05. The third-order valence-electron chi connectivity index (χ3n) is 5.30. The van der Waals surface area contributed by atoms with E-state index < -0.39 is 0 Å². The number of morpholine rings is 1. The minimum absolute atomic E-state index is 0.336. The number of hydrogen-bond acceptors (Lipinski definition) is 8. The van der Waals surface area contributed by atoms with Crippen molar-refractivity contribution in [3.63, 3.8) is 0 Å². The summed E-state index contributed by atoms with van der Waals surface area (Å²) in [4.78, 5) is 9.04. The minimum Gasteiger partial charge on any atom is -0.379 e. The van der Waals surface area contributed by atoms with Crippen LogP contribution in [-0.2, 0) is 24.8 Å². The van der Waals surface area contributed by atoms with Crippen LogP contribution in [0.4, 0.5) is 5.95 Å². The molecule has 0 saturated carbocycles. The zero-order valence-electron chi connectivity index (χ0n) is 15.6. The van der Waals surface area contributed by atoms with Gasteiger partial charge in [-0.3, -0.25) is 4.90 Å².